The standard InChI is InChI=1S/C19H32FI/c20-13-14-1-3-15(4-2-14)16-5-7-17(8-6-16)18-9-11-19(21)12-10-18/h14-19H,1-13H2. The van der Waals surface area contributed by atoms with E-state index in [9.17, 15) is 4.39 Å². The first-order valence-corrected chi connectivity index (χ1v) is 10.7. The third-order valence-electron chi connectivity index (χ3n) is 6.96. The third kappa shape index (κ3) is 4.35. The first kappa shape index (κ1) is 16.5. The molecule has 0 bridgehead atoms. The van der Waals surface area contributed by atoms with Crippen LogP contribution in [-0.2, 0) is 0 Å². The SMILES string of the molecule is FCC1CCC(C2CCC(C3CCC(I)CC3)CC2)CC1. The summed E-state index contributed by atoms with van der Waals surface area (Å²) in [7, 11) is 0. The van der Waals surface area contributed by atoms with E-state index < -0.39 is 0 Å². The molecule has 0 aliphatic heterocycles. The molecule has 0 amide bonds. The molecule has 3 aliphatic rings. The minimum Gasteiger partial charge on any atom is -0.251 e. The van der Waals surface area contributed by atoms with Crippen molar-refractivity contribution in [2.75, 3.05) is 6.67 Å². The highest BCUT2D eigenvalue weighted by Gasteiger charge is 2.34. The highest BCUT2D eigenvalue weighted by molar-refractivity contribution is 14.1. The molecule has 0 radical (unpaired) electrons. The Hall–Kier alpha value is 0.660. The zero-order valence-electron chi connectivity index (χ0n) is 13.4. The third-order valence-corrected chi connectivity index (χ3v) is 8.21. The zero-order chi connectivity index (χ0) is 14.7. The molecule has 0 aromatic rings. The lowest BCUT2D eigenvalue weighted by molar-refractivity contribution is 0.109. The Morgan fingerprint density at radius 1 is 0.571 bits per heavy atom. The zero-order valence-corrected chi connectivity index (χ0v) is 15.6. The second kappa shape index (κ2) is 7.97. The summed E-state index contributed by atoms with van der Waals surface area (Å²) in [5.74, 6) is 4.44. The molecule has 3 fully saturated rings. The number of rotatable bonds is 3. The second-order valence-electron chi connectivity index (χ2n) is 8.12. The van der Waals surface area contributed by atoms with Gasteiger partial charge in [0.2, 0.25) is 0 Å². The van der Waals surface area contributed by atoms with Crippen molar-refractivity contribution in [2.24, 2.45) is 29.6 Å². The van der Waals surface area contributed by atoms with E-state index in [4.69, 9.17) is 0 Å². The van der Waals surface area contributed by atoms with Gasteiger partial charge in [-0.3, -0.25) is 4.39 Å². The van der Waals surface area contributed by atoms with Gasteiger partial charge in [-0.25, -0.2) is 0 Å². The van der Waals surface area contributed by atoms with Gasteiger partial charge >= 0.3 is 0 Å². The smallest absolute Gasteiger partial charge is 0.0922 e. The van der Waals surface area contributed by atoms with Gasteiger partial charge in [0.15, 0.2) is 0 Å². The predicted molar refractivity (Wildman–Crippen MR) is 96.6 cm³/mol. The summed E-state index contributed by atoms with van der Waals surface area (Å²) in [5.41, 5.74) is 0. The summed E-state index contributed by atoms with van der Waals surface area (Å²) in [4.78, 5) is 0. The van der Waals surface area contributed by atoms with Crippen LogP contribution >= 0.6 is 22.6 Å². The molecular formula is C19H32FI. The number of halogens is 2. The van der Waals surface area contributed by atoms with Crippen molar-refractivity contribution in [3.8, 4) is 0 Å². The van der Waals surface area contributed by atoms with Crippen molar-refractivity contribution in [2.45, 2.75) is 81.0 Å². The van der Waals surface area contributed by atoms with Crippen LogP contribution in [0.5, 0.6) is 0 Å². The van der Waals surface area contributed by atoms with Gasteiger partial charge in [-0.2, -0.15) is 0 Å². The lowest BCUT2D eigenvalue weighted by Gasteiger charge is -2.40. The fraction of sp³-hybridized carbons (Fsp3) is 1.00. The summed E-state index contributed by atoms with van der Waals surface area (Å²) in [6.45, 7) is -0.0705. The van der Waals surface area contributed by atoms with Gasteiger partial charge < -0.3 is 0 Å². The molecule has 0 unspecified atom stereocenters. The van der Waals surface area contributed by atoms with Crippen LogP contribution in [0.3, 0.4) is 0 Å². The monoisotopic (exact) mass is 406 g/mol. The van der Waals surface area contributed by atoms with Crippen LogP contribution in [0.2, 0.25) is 0 Å². The fourth-order valence-corrected chi connectivity index (χ4v) is 6.17. The highest BCUT2D eigenvalue weighted by atomic mass is 127. The fourth-order valence-electron chi connectivity index (χ4n) is 5.45. The van der Waals surface area contributed by atoms with Gasteiger partial charge in [0.25, 0.3) is 0 Å². The van der Waals surface area contributed by atoms with Crippen molar-refractivity contribution in [3.63, 3.8) is 0 Å². The van der Waals surface area contributed by atoms with Crippen LogP contribution in [0.4, 0.5) is 4.39 Å². The van der Waals surface area contributed by atoms with Gasteiger partial charge in [0.1, 0.15) is 0 Å². The quantitative estimate of drug-likeness (QED) is 0.368. The first-order valence-electron chi connectivity index (χ1n) is 9.46. The predicted octanol–water partition coefficient (Wildman–Crippen LogP) is 6.56. The average molecular weight is 406 g/mol. The number of alkyl halides is 2. The summed E-state index contributed by atoms with van der Waals surface area (Å²) in [6, 6.07) is 0. The number of hydrogen-bond acceptors (Lipinski definition) is 0. The minimum atomic E-state index is -0.0705. The molecule has 21 heavy (non-hydrogen) atoms. The van der Waals surface area contributed by atoms with E-state index in [-0.39, 0.29) is 6.67 Å². The van der Waals surface area contributed by atoms with E-state index >= 15 is 0 Å². The van der Waals surface area contributed by atoms with Gasteiger partial charge in [0.05, 0.1) is 6.67 Å². The molecule has 0 aromatic carbocycles. The maximum atomic E-state index is 12.7. The largest absolute Gasteiger partial charge is 0.251 e. The molecule has 0 N–H and O–H groups in total. The van der Waals surface area contributed by atoms with Crippen LogP contribution in [-0.4, -0.2) is 10.6 Å². The molecule has 3 aliphatic carbocycles. The molecule has 0 spiro atoms. The average Bonchev–Trinajstić information content (AvgIpc) is 2.56. The Bertz CT molecular complexity index is 295. The lowest BCUT2D eigenvalue weighted by atomic mass is 9.66. The maximum absolute atomic E-state index is 12.7. The van der Waals surface area contributed by atoms with E-state index in [1.165, 1.54) is 77.0 Å². The van der Waals surface area contributed by atoms with Crippen molar-refractivity contribution >= 4 is 22.6 Å². The topological polar surface area (TPSA) is 0 Å². The highest BCUT2D eigenvalue weighted by Crippen LogP contribution is 2.45. The van der Waals surface area contributed by atoms with Crippen molar-refractivity contribution in [1.82, 2.24) is 0 Å². The normalized spacial score (nSPS) is 45.4. The molecule has 122 valence electrons. The molecule has 0 atom stereocenters. The Labute approximate surface area is 144 Å². The molecular weight excluding hydrogens is 374 g/mol. The van der Waals surface area contributed by atoms with Crippen LogP contribution in [0.25, 0.3) is 0 Å². The van der Waals surface area contributed by atoms with E-state index in [0.717, 1.165) is 27.6 Å². The van der Waals surface area contributed by atoms with Gasteiger partial charge in [-0.15, -0.1) is 0 Å². The molecule has 3 saturated carbocycles. The Kier molecular flexibility index (Phi) is 6.27. The summed E-state index contributed by atoms with van der Waals surface area (Å²) >= 11 is 2.65. The summed E-state index contributed by atoms with van der Waals surface area (Å²) < 4.78 is 13.7. The van der Waals surface area contributed by atoms with Crippen LogP contribution in [0, 0.1) is 29.6 Å². The molecule has 0 aromatic heterocycles. The van der Waals surface area contributed by atoms with E-state index in [0.29, 0.717) is 5.92 Å². The second-order valence-corrected chi connectivity index (χ2v) is 9.88. The van der Waals surface area contributed by atoms with E-state index in [2.05, 4.69) is 22.6 Å². The molecule has 0 nitrogen and oxygen atoms in total. The van der Waals surface area contributed by atoms with Crippen LogP contribution in [0.15, 0.2) is 0 Å². The van der Waals surface area contributed by atoms with Crippen molar-refractivity contribution in [3.05, 3.63) is 0 Å². The lowest BCUT2D eigenvalue weighted by Crippen LogP contribution is -2.30. The Morgan fingerprint density at radius 3 is 1.29 bits per heavy atom. The van der Waals surface area contributed by atoms with E-state index in [1.54, 1.807) is 0 Å². The summed E-state index contributed by atoms with van der Waals surface area (Å²) in [5, 5.41) is 0. The summed E-state index contributed by atoms with van der Waals surface area (Å²) in [6.07, 6.45) is 16.9. The molecule has 0 saturated heterocycles. The van der Waals surface area contributed by atoms with Gasteiger partial charge in [-0.05, 0) is 107 Å². The van der Waals surface area contributed by atoms with Gasteiger partial charge in [0, 0.05) is 3.92 Å². The van der Waals surface area contributed by atoms with Crippen LogP contribution in [0.1, 0.15) is 77.0 Å². The van der Waals surface area contributed by atoms with Crippen molar-refractivity contribution < 1.29 is 4.39 Å². The Morgan fingerprint density at radius 2 is 0.905 bits per heavy atom. The van der Waals surface area contributed by atoms with E-state index in [1.807, 2.05) is 0 Å². The van der Waals surface area contributed by atoms with Crippen LogP contribution < -0.4 is 0 Å². The van der Waals surface area contributed by atoms with Crippen molar-refractivity contribution in [1.29, 1.82) is 0 Å². The molecule has 3 rings (SSSR count). The number of hydrogen-bond donors (Lipinski definition) is 0. The maximum Gasteiger partial charge on any atom is 0.0922 e. The molecule has 0 heterocycles. The first-order chi connectivity index (χ1) is 10.3. The minimum absolute atomic E-state index is 0.0705. The Balaban J connectivity index is 1.41. The molecule has 2 heteroatoms. The van der Waals surface area contributed by atoms with Gasteiger partial charge in [-0.1, -0.05) is 22.6 Å².